The van der Waals surface area contributed by atoms with Gasteiger partial charge in [0, 0.05) is 25.2 Å². The first-order chi connectivity index (χ1) is 10.3. The zero-order chi connectivity index (χ0) is 17.4. The summed E-state index contributed by atoms with van der Waals surface area (Å²) in [7, 11) is 0. The lowest BCUT2D eigenvalue weighted by Crippen LogP contribution is -1.85. The Balaban J connectivity index is 0. The van der Waals surface area contributed by atoms with Crippen LogP contribution in [0.3, 0.4) is 0 Å². The lowest BCUT2D eigenvalue weighted by atomic mass is 10.1. The van der Waals surface area contributed by atoms with Gasteiger partial charge in [0.25, 0.3) is 0 Å². The molecule has 0 saturated carbocycles. The molecule has 0 spiro atoms. The van der Waals surface area contributed by atoms with E-state index >= 15 is 0 Å². The molecule has 0 heteroatoms. The highest BCUT2D eigenvalue weighted by molar-refractivity contribution is 5.01. The molecule has 0 nitrogen and oxygen atoms in total. The second kappa shape index (κ2) is 16.5. The summed E-state index contributed by atoms with van der Waals surface area (Å²) in [5.41, 5.74) is 0. The van der Waals surface area contributed by atoms with E-state index in [4.69, 9.17) is 0 Å². The van der Waals surface area contributed by atoms with E-state index < -0.39 is 0 Å². The molecule has 0 fully saturated rings. The van der Waals surface area contributed by atoms with Gasteiger partial charge in [-0.15, -0.1) is 23.7 Å². The highest BCUT2D eigenvalue weighted by Crippen LogP contribution is 2.05. The van der Waals surface area contributed by atoms with E-state index in [2.05, 4.69) is 79.1 Å². The van der Waals surface area contributed by atoms with Crippen molar-refractivity contribution in [1.82, 2.24) is 0 Å². The zero-order valence-electron chi connectivity index (χ0n) is 16.6. The highest BCUT2D eigenvalue weighted by Gasteiger charge is 1.91. The molecule has 0 aromatic rings. The van der Waals surface area contributed by atoms with Crippen LogP contribution in [0.25, 0.3) is 0 Å². The average molecular weight is 305 g/mol. The van der Waals surface area contributed by atoms with Gasteiger partial charge in [-0.05, 0) is 30.6 Å². The number of unbranched alkanes of at least 4 members (excludes halogenated alkanes) is 1. The molecule has 0 aromatic carbocycles. The van der Waals surface area contributed by atoms with Gasteiger partial charge in [-0.2, -0.15) is 0 Å². The second-order valence-corrected chi connectivity index (χ2v) is 7.65. The molecule has 0 amide bonds. The van der Waals surface area contributed by atoms with Crippen LogP contribution in [0.5, 0.6) is 0 Å². The molecule has 0 aromatic heterocycles. The van der Waals surface area contributed by atoms with Crippen LogP contribution in [0.2, 0.25) is 0 Å². The van der Waals surface area contributed by atoms with Gasteiger partial charge in [-0.3, -0.25) is 0 Å². The van der Waals surface area contributed by atoms with E-state index in [1.807, 2.05) is 0 Å². The molecule has 0 bridgehead atoms. The summed E-state index contributed by atoms with van der Waals surface area (Å²) in [5, 5.41) is 0. The van der Waals surface area contributed by atoms with Crippen molar-refractivity contribution in [3.05, 3.63) is 0 Å². The van der Waals surface area contributed by atoms with Crippen molar-refractivity contribution in [1.29, 1.82) is 0 Å². The third-order valence-electron chi connectivity index (χ3n) is 2.96. The molecule has 0 atom stereocenters. The largest absolute Gasteiger partial charge is 0.103 e. The van der Waals surface area contributed by atoms with Crippen molar-refractivity contribution in [3.8, 4) is 23.7 Å². The average Bonchev–Trinajstić information content (AvgIpc) is 2.37. The quantitative estimate of drug-likeness (QED) is 0.368. The van der Waals surface area contributed by atoms with Crippen LogP contribution in [0, 0.1) is 47.4 Å². The molecule has 0 unspecified atom stereocenters. The van der Waals surface area contributed by atoms with Gasteiger partial charge in [0.05, 0.1) is 0 Å². The number of rotatable bonds is 6. The van der Waals surface area contributed by atoms with E-state index in [0.717, 1.165) is 37.0 Å². The maximum Gasteiger partial charge on any atom is 0.0146 e. The second-order valence-electron chi connectivity index (χ2n) is 7.65. The Kier molecular flexibility index (Phi) is 17.5. The summed E-state index contributed by atoms with van der Waals surface area (Å²) in [6, 6.07) is 0. The lowest BCUT2D eigenvalue weighted by molar-refractivity contribution is 0.562. The third-order valence-corrected chi connectivity index (χ3v) is 2.96. The summed E-state index contributed by atoms with van der Waals surface area (Å²) < 4.78 is 0. The Morgan fingerprint density at radius 1 is 0.591 bits per heavy atom. The fraction of sp³-hybridized carbons (Fsp3) is 0.818. The Labute approximate surface area is 141 Å². The Morgan fingerprint density at radius 2 is 1.18 bits per heavy atom. The minimum atomic E-state index is 0.536. The Bertz CT molecular complexity index is 336. The van der Waals surface area contributed by atoms with Crippen molar-refractivity contribution in [3.63, 3.8) is 0 Å². The first kappa shape index (κ1) is 23.4. The Morgan fingerprint density at radius 3 is 1.64 bits per heavy atom. The summed E-state index contributed by atoms with van der Waals surface area (Å²) in [5.74, 6) is 15.6. The summed E-state index contributed by atoms with van der Waals surface area (Å²) in [4.78, 5) is 0. The van der Waals surface area contributed by atoms with E-state index in [0.29, 0.717) is 5.92 Å². The van der Waals surface area contributed by atoms with Crippen LogP contribution < -0.4 is 0 Å². The number of hydrogen-bond donors (Lipinski definition) is 0. The van der Waals surface area contributed by atoms with Crippen molar-refractivity contribution >= 4 is 0 Å². The summed E-state index contributed by atoms with van der Waals surface area (Å²) >= 11 is 0. The van der Waals surface area contributed by atoms with E-state index in [9.17, 15) is 0 Å². The van der Waals surface area contributed by atoms with Crippen molar-refractivity contribution in [2.75, 3.05) is 0 Å². The van der Waals surface area contributed by atoms with Crippen LogP contribution in [0.4, 0.5) is 0 Å². The smallest absolute Gasteiger partial charge is 0.0146 e. The predicted molar refractivity (Wildman–Crippen MR) is 103 cm³/mol. The topological polar surface area (TPSA) is 0 Å². The van der Waals surface area contributed by atoms with Crippen LogP contribution >= 0.6 is 0 Å². The fourth-order valence-electron chi connectivity index (χ4n) is 1.60. The molecule has 22 heavy (non-hydrogen) atoms. The molecular weight excluding hydrogens is 264 g/mol. The molecule has 0 radical (unpaired) electrons. The van der Waals surface area contributed by atoms with E-state index in [-0.39, 0.29) is 0 Å². The van der Waals surface area contributed by atoms with Gasteiger partial charge in [0.1, 0.15) is 0 Å². The van der Waals surface area contributed by atoms with Crippen molar-refractivity contribution < 1.29 is 0 Å². The van der Waals surface area contributed by atoms with Crippen LogP contribution in [-0.4, -0.2) is 0 Å². The van der Waals surface area contributed by atoms with E-state index in [1.54, 1.807) is 0 Å². The van der Waals surface area contributed by atoms with Crippen molar-refractivity contribution in [2.45, 2.75) is 93.9 Å². The SMILES string of the molecule is CC(C)C#CCCCC(C)C.CC(C)CC#CCCC(C)C. The molecule has 0 aliphatic rings. The number of hydrogen-bond acceptors (Lipinski definition) is 0. The predicted octanol–water partition coefficient (Wildman–Crippen LogP) is 6.94. The van der Waals surface area contributed by atoms with Crippen LogP contribution in [-0.2, 0) is 0 Å². The highest BCUT2D eigenvalue weighted by atomic mass is 14.0. The zero-order valence-corrected chi connectivity index (χ0v) is 16.6. The minimum Gasteiger partial charge on any atom is -0.103 e. The molecule has 0 aliphatic heterocycles. The molecule has 0 saturated heterocycles. The van der Waals surface area contributed by atoms with Crippen LogP contribution in [0.15, 0.2) is 0 Å². The third kappa shape index (κ3) is 27.5. The molecule has 0 rings (SSSR count). The van der Waals surface area contributed by atoms with Crippen LogP contribution in [0.1, 0.15) is 93.9 Å². The van der Waals surface area contributed by atoms with Gasteiger partial charge in [0.15, 0.2) is 0 Å². The van der Waals surface area contributed by atoms with E-state index in [1.165, 1.54) is 19.3 Å². The maximum absolute atomic E-state index is 3.20. The molecule has 128 valence electrons. The first-order valence-electron chi connectivity index (χ1n) is 9.19. The van der Waals surface area contributed by atoms with Gasteiger partial charge in [-0.25, -0.2) is 0 Å². The molecule has 0 aliphatic carbocycles. The van der Waals surface area contributed by atoms with Gasteiger partial charge < -0.3 is 0 Å². The molecule has 0 heterocycles. The summed E-state index contributed by atoms with van der Waals surface area (Å²) in [6.07, 6.45) is 7.02. The fourth-order valence-corrected chi connectivity index (χ4v) is 1.60. The standard InChI is InChI=1S/2C11H20/c2*1-10(2)8-6-5-7-9-11(3)4/h10-11H,6,8-9H2,1-4H3;10-11H,5-6,8H2,1-4H3. The lowest BCUT2D eigenvalue weighted by Gasteiger charge is -1.99. The normalized spacial score (nSPS) is 10.0. The van der Waals surface area contributed by atoms with Gasteiger partial charge in [-0.1, -0.05) is 61.8 Å². The van der Waals surface area contributed by atoms with Gasteiger partial charge >= 0.3 is 0 Å². The van der Waals surface area contributed by atoms with Crippen molar-refractivity contribution in [2.24, 2.45) is 23.7 Å². The summed E-state index contributed by atoms with van der Waals surface area (Å²) in [6.45, 7) is 17.7. The maximum atomic E-state index is 3.20. The molecule has 0 N–H and O–H groups in total. The Hall–Kier alpha value is -0.880. The van der Waals surface area contributed by atoms with Gasteiger partial charge in [0.2, 0.25) is 0 Å². The minimum absolute atomic E-state index is 0.536. The monoisotopic (exact) mass is 304 g/mol. The first-order valence-corrected chi connectivity index (χ1v) is 9.19. The molecular formula is C22H40.